The summed E-state index contributed by atoms with van der Waals surface area (Å²) in [7, 11) is 3.31. The molecule has 1 aromatic heterocycles. The van der Waals surface area contributed by atoms with E-state index in [9.17, 15) is 4.79 Å². The summed E-state index contributed by atoms with van der Waals surface area (Å²) >= 11 is 0. The Morgan fingerprint density at radius 1 is 1.03 bits per heavy atom. The van der Waals surface area contributed by atoms with Crippen molar-refractivity contribution in [2.24, 2.45) is 5.92 Å². The van der Waals surface area contributed by atoms with Crippen LogP contribution in [-0.2, 0) is 4.79 Å². The predicted molar refractivity (Wildman–Crippen MR) is 122 cm³/mol. The number of nitrogens with zero attached hydrogens (tertiary/aromatic N) is 3. The van der Waals surface area contributed by atoms with Gasteiger partial charge in [0.1, 0.15) is 17.0 Å². The quantitative estimate of drug-likeness (QED) is 0.591. The number of anilines is 1. The molecule has 32 heavy (non-hydrogen) atoms. The Kier molecular flexibility index (Phi) is 5.64. The van der Waals surface area contributed by atoms with Gasteiger partial charge in [-0.05, 0) is 49.9 Å². The van der Waals surface area contributed by atoms with Crippen LogP contribution in [0.3, 0.4) is 0 Å². The van der Waals surface area contributed by atoms with Crippen LogP contribution in [0, 0.1) is 5.92 Å². The second kappa shape index (κ2) is 8.73. The maximum atomic E-state index is 13.5. The lowest BCUT2D eigenvalue weighted by Crippen LogP contribution is -2.42. The molecule has 2 aliphatic rings. The summed E-state index contributed by atoms with van der Waals surface area (Å²) in [5, 5.41) is 0. The van der Waals surface area contributed by atoms with Gasteiger partial charge >= 0.3 is 0 Å². The number of aromatic nitrogens is 1. The lowest BCUT2D eigenvalue weighted by molar-refractivity contribution is -0.137. The van der Waals surface area contributed by atoms with E-state index in [0.717, 1.165) is 73.5 Å². The third-order valence-corrected chi connectivity index (χ3v) is 6.73. The van der Waals surface area contributed by atoms with Crippen LogP contribution in [0.15, 0.2) is 46.9 Å². The number of piperidine rings is 1. The van der Waals surface area contributed by atoms with Crippen LogP contribution in [0.4, 0.5) is 6.01 Å². The van der Waals surface area contributed by atoms with E-state index in [0.29, 0.717) is 6.01 Å². The monoisotopic (exact) mass is 435 g/mol. The number of likely N-dealkylation sites (tertiary alicyclic amines) is 1. The number of hydrogen-bond donors (Lipinski definition) is 0. The Balaban J connectivity index is 1.27. The molecule has 0 N–H and O–H groups in total. The van der Waals surface area contributed by atoms with Crippen LogP contribution in [0.5, 0.6) is 11.5 Å². The first-order valence-corrected chi connectivity index (χ1v) is 11.3. The van der Waals surface area contributed by atoms with Gasteiger partial charge in [0.25, 0.3) is 6.01 Å². The topological polar surface area (TPSA) is 68.0 Å². The third-order valence-electron chi connectivity index (χ3n) is 6.73. The number of ether oxygens (including phenoxy) is 2. The second-order valence-corrected chi connectivity index (χ2v) is 8.52. The Morgan fingerprint density at radius 3 is 2.59 bits per heavy atom. The van der Waals surface area contributed by atoms with Crippen LogP contribution in [0.1, 0.15) is 37.3 Å². The van der Waals surface area contributed by atoms with E-state index in [1.807, 2.05) is 42.5 Å². The normalized spacial score (nSPS) is 19.5. The molecule has 2 saturated heterocycles. The smallest absolute Gasteiger partial charge is 0.298 e. The Hall–Kier alpha value is -3.22. The third kappa shape index (κ3) is 3.76. The number of methoxy groups -OCH3 is 2. The number of carbonyl (C=O) groups excluding carboxylic acids is 1. The van der Waals surface area contributed by atoms with Gasteiger partial charge in [-0.1, -0.05) is 12.1 Å². The van der Waals surface area contributed by atoms with E-state index in [1.165, 1.54) is 0 Å². The van der Waals surface area contributed by atoms with Crippen LogP contribution in [0.25, 0.3) is 11.1 Å². The van der Waals surface area contributed by atoms with Gasteiger partial charge in [-0.3, -0.25) is 4.79 Å². The number of carbonyl (C=O) groups is 1. The highest BCUT2D eigenvalue weighted by Crippen LogP contribution is 2.40. The number of para-hydroxylation sites is 2. The van der Waals surface area contributed by atoms with Gasteiger partial charge in [-0.25, -0.2) is 0 Å². The number of rotatable bonds is 5. The zero-order valence-electron chi connectivity index (χ0n) is 18.6. The van der Waals surface area contributed by atoms with Crippen LogP contribution in [0.2, 0.25) is 0 Å². The minimum Gasteiger partial charge on any atom is -0.497 e. The molecular weight excluding hydrogens is 406 g/mol. The zero-order valence-corrected chi connectivity index (χ0v) is 18.6. The SMILES string of the molecule is COc1ccc([C@H]2CCCN2C(=O)C2CCN(c3nc4ccccc4o3)CC2)c(OC)c1. The molecule has 0 saturated carbocycles. The van der Waals surface area contributed by atoms with Crippen molar-refractivity contribution < 1.29 is 18.7 Å². The van der Waals surface area contributed by atoms with Crippen LogP contribution < -0.4 is 14.4 Å². The van der Waals surface area contributed by atoms with Gasteiger partial charge in [0.05, 0.1) is 20.3 Å². The summed E-state index contributed by atoms with van der Waals surface area (Å²) in [6, 6.07) is 14.4. The first-order chi connectivity index (χ1) is 15.7. The predicted octanol–water partition coefficient (Wildman–Crippen LogP) is 4.43. The molecule has 0 unspecified atom stereocenters. The van der Waals surface area contributed by atoms with Crippen molar-refractivity contribution >= 4 is 23.0 Å². The van der Waals surface area contributed by atoms with Gasteiger partial charge in [0.2, 0.25) is 5.91 Å². The van der Waals surface area contributed by atoms with Crippen molar-refractivity contribution in [3.8, 4) is 11.5 Å². The summed E-state index contributed by atoms with van der Waals surface area (Å²) in [6.45, 7) is 2.34. The summed E-state index contributed by atoms with van der Waals surface area (Å²) in [4.78, 5) is 22.3. The molecule has 3 aromatic rings. The van der Waals surface area contributed by atoms with Crippen LogP contribution >= 0.6 is 0 Å². The fraction of sp³-hybridized carbons (Fsp3) is 0.440. The molecule has 3 heterocycles. The van der Waals surface area contributed by atoms with Crippen molar-refractivity contribution in [3.05, 3.63) is 48.0 Å². The number of oxazole rings is 1. The molecule has 0 bridgehead atoms. The average Bonchev–Trinajstić information content (AvgIpc) is 3.50. The zero-order chi connectivity index (χ0) is 22.1. The molecular formula is C25H29N3O4. The van der Waals surface area contributed by atoms with Crippen molar-refractivity contribution in [2.75, 3.05) is 38.8 Å². The van der Waals surface area contributed by atoms with E-state index in [-0.39, 0.29) is 17.9 Å². The van der Waals surface area contributed by atoms with E-state index in [2.05, 4.69) is 14.8 Å². The van der Waals surface area contributed by atoms with Crippen molar-refractivity contribution in [3.63, 3.8) is 0 Å². The highest BCUT2D eigenvalue weighted by molar-refractivity contribution is 5.80. The standard InChI is InChI=1S/C25H29N3O4/c1-30-18-9-10-19(23(16-18)31-2)21-7-5-13-28(21)24(29)17-11-14-27(15-12-17)25-26-20-6-3-4-8-22(20)32-25/h3-4,6,8-10,16-17,21H,5,7,11-15H2,1-2H3/t21-/m1/s1. The second-order valence-electron chi connectivity index (χ2n) is 8.52. The Labute approximate surface area is 187 Å². The van der Waals surface area contributed by atoms with E-state index < -0.39 is 0 Å². The number of fused-ring (bicyclic) bond motifs is 1. The minimum absolute atomic E-state index is 0.0282. The van der Waals surface area contributed by atoms with E-state index in [4.69, 9.17) is 13.9 Å². The molecule has 5 rings (SSSR count). The fourth-order valence-corrected chi connectivity index (χ4v) is 5.00. The number of hydrogen-bond acceptors (Lipinski definition) is 6. The largest absolute Gasteiger partial charge is 0.497 e. The molecule has 0 spiro atoms. The van der Waals surface area contributed by atoms with Gasteiger partial charge in [-0.2, -0.15) is 4.98 Å². The maximum Gasteiger partial charge on any atom is 0.298 e. The molecule has 0 aliphatic carbocycles. The fourth-order valence-electron chi connectivity index (χ4n) is 5.00. The first kappa shape index (κ1) is 20.7. The summed E-state index contributed by atoms with van der Waals surface area (Å²) < 4.78 is 16.9. The van der Waals surface area contributed by atoms with Gasteiger partial charge < -0.3 is 23.7 Å². The van der Waals surface area contributed by atoms with E-state index in [1.54, 1.807) is 14.2 Å². The molecule has 2 aliphatic heterocycles. The first-order valence-electron chi connectivity index (χ1n) is 11.3. The highest BCUT2D eigenvalue weighted by Gasteiger charge is 2.37. The molecule has 2 aromatic carbocycles. The van der Waals surface area contributed by atoms with Crippen molar-refractivity contribution in [1.82, 2.24) is 9.88 Å². The summed E-state index contributed by atoms with van der Waals surface area (Å²) in [5.41, 5.74) is 2.73. The number of benzene rings is 2. The van der Waals surface area contributed by atoms with Gasteiger partial charge in [0, 0.05) is 37.2 Å². The molecule has 7 nitrogen and oxygen atoms in total. The van der Waals surface area contributed by atoms with Gasteiger partial charge in [-0.15, -0.1) is 0 Å². The van der Waals surface area contributed by atoms with Crippen molar-refractivity contribution in [1.29, 1.82) is 0 Å². The minimum atomic E-state index is 0.0282. The number of amides is 1. The molecule has 1 amide bonds. The highest BCUT2D eigenvalue weighted by atomic mass is 16.5. The van der Waals surface area contributed by atoms with Crippen molar-refractivity contribution in [2.45, 2.75) is 31.7 Å². The molecule has 0 radical (unpaired) electrons. The Morgan fingerprint density at radius 2 is 1.84 bits per heavy atom. The molecule has 2 fully saturated rings. The van der Waals surface area contributed by atoms with Gasteiger partial charge in [0.15, 0.2) is 5.58 Å². The lowest BCUT2D eigenvalue weighted by Gasteiger charge is -2.34. The molecule has 7 heteroatoms. The summed E-state index contributed by atoms with van der Waals surface area (Å²) in [6.07, 6.45) is 3.57. The summed E-state index contributed by atoms with van der Waals surface area (Å²) in [5.74, 6) is 1.82. The molecule has 1 atom stereocenters. The molecule has 168 valence electrons. The Bertz CT molecular complexity index is 1070. The van der Waals surface area contributed by atoms with E-state index >= 15 is 0 Å². The average molecular weight is 436 g/mol. The lowest BCUT2D eigenvalue weighted by atomic mass is 9.94. The van der Waals surface area contributed by atoms with Crippen LogP contribution in [-0.4, -0.2) is 49.6 Å². The maximum absolute atomic E-state index is 13.5.